The van der Waals surface area contributed by atoms with Crippen LogP contribution in [-0.4, -0.2) is 47.6 Å². The second kappa shape index (κ2) is 6.44. The highest BCUT2D eigenvalue weighted by Crippen LogP contribution is 2.21. The van der Waals surface area contributed by atoms with Crippen LogP contribution in [0.15, 0.2) is 0 Å². The lowest BCUT2D eigenvalue weighted by Crippen LogP contribution is -2.63. The van der Waals surface area contributed by atoms with Gasteiger partial charge in [-0.25, -0.2) is 0 Å². The van der Waals surface area contributed by atoms with Crippen molar-refractivity contribution in [3.63, 3.8) is 0 Å². The van der Waals surface area contributed by atoms with Crippen LogP contribution in [0.2, 0.25) is 0 Å². The van der Waals surface area contributed by atoms with E-state index >= 15 is 0 Å². The van der Waals surface area contributed by atoms with E-state index in [1.165, 1.54) is 19.5 Å². The summed E-state index contributed by atoms with van der Waals surface area (Å²) < 4.78 is 0. The highest BCUT2D eigenvalue weighted by molar-refractivity contribution is 7.99. The zero-order valence-corrected chi connectivity index (χ0v) is 13.2. The van der Waals surface area contributed by atoms with Gasteiger partial charge >= 0.3 is 0 Å². The summed E-state index contributed by atoms with van der Waals surface area (Å²) in [6, 6.07) is 0.706. The molecule has 102 valence electrons. The van der Waals surface area contributed by atoms with E-state index in [0.717, 1.165) is 17.7 Å². The topological polar surface area (TPSA) is 15.3 Å². The van der Waals surface area contributed by atoms with E-state index in [1.807, 2.05) is 11.8 Å². The Morgan fingerprint density at radius 3 is 2.53 bits per heavy atom. The summed E-state index contributed by atoms with van der Waals surface area (Å²) in [6.07, 6.45) is 3.52. The largest absolute Gasteiger partial charge is 0.309 e. The molecule has 1 aliphatic heterocycles. The van der Waals surface area contributed by atoms with Crippen molar-refractivity contribution < 1.29 is 0 Å². The fraction of sp³-hybridized carbons (Fsp3) is 1.00. The Morgan fingerprint density at radius 1 is 1.35 bits per heavy atom. The SMILES string of the molecule is CSC(C)CCN1CC(C)(C)NCC1C(C)C. The van der Waals surface area contributed by atoms with Gasteiger partial charge in [-0.2, -0.15) is 11.8 Å². The van der Waals surface area contributed by atoms with Crippen molar-refractivity contribution >= 4 is 11.8 Å². The molecule has 0 radical (unpaired) electrons. The van der Waals surface area contributed by atoms with E-state index in [-0.39, 0.29) is 5.54 Å². The van der Waals surface area contributed by atoms with Gasteiger partial charge in [-0.3, -0.25) is 4.90 Å². The summed E-state index contributed by atoms with van der Waals surface area (Å²) in [5.74, 6) is 0.739. The molecule has 17 heavy (non-hydrogen) atoms. The molecule has 3 heteroatoms. The van der Waals surface area contributed by atoms with Crippen molar-refractivity contribution in [1.29, 1.82) is 0 Å². The summed E-state index contributed by atoms with van der Waals surface area (Å²) in [6.45, 7) is 15.2. The van der Waals surface area contributed by atoms with E-state index in [0.29, 0.717) is 6.04 Å². The quantitative estimate of drug-likeness (QED) is 0.816. The number of rotatable bonds is 5. The maximum absolute atomic E-state index is 3.67. The molecule has 0 amide bonds. The first-order valence-corrected chi connectivity index (χ1v) is 8.16. The number of nitrogens with zero attached hydrogens (tertiary/aromatic N) is 1. The van der Waals surface area contributed by atoms with Gasteiger partial charge in [0.2, 0.25) is 0 Å². The molecule has 0 aromatic carbocycles. The average Bonchev–Trinajstić information content (AvgIpc) is 2.24. The van der Waals surface area contributed by atoms with E-state index in [4.69, 9.17) is 0 Å². The van der Waals surface area contributed by atoms with Gasteiger partial charge in [-0.15, -0.1) is 0 Å². The van der Waals surface area contributed by atoms with E-state index in [9.17, 15) is 0 Å². The van der Waals surface area contributed by atoms with Crippen LogP contribution in [0.5, 0.6) is 0 Å². The Bertz CT molecular complexity index is 228. The van der Waals surface area contributed by atoms with Gasteiger partial charge in [0.1, 0.15) is 0 Å². The van der Waals surface area contributed by atoms with Gasteiger partial charge < -0.3 is 5.32 Å². The first kappa shape index (κ1) is 15.3. The van der Waals surface area contributed by atoms with Crippen molar-refractivity contribution in [3.8, 4) is 0 Å². The number of piperazine rings is 1. The summed E-state index contributed by atoms with van der Waals surface area (Å²) >= 11 is 1.98. The second-order valence-electron chi connectivity index (χ2n) is 6.38. The molecule has 1 N–H and O–H groups in total. The molecule has 0 spiro atoms. The molecule has 2 nitrogen and oxygen atoms in total. The lowest BCUT2D eigenvalue weighted by molar-refractivity contribution is 0.0686. The predicted molar refractivity (Wildman–Crippen MR) is 79.9 cm³/mol. The number of hydrogen-bond donors (Lipinski definition) is 1. The summed E-state index contributed by atoms with van der Waals surface area (Å²) in [5.41, 5.74) is 0.272. The van der Waals surface area contributed by atoms with Gasteiger partial charge in [-0.1, -0.05) is 20.8 Å². The predicted octanol–water partition coefficient (Wildman–Crippen LogP) is 2.84. The minimum Gasteiger partial charge on any atom is -0.309 e. The number of thioether (sulfide) groups is 1. The molecule has 2 atom stereocenters. The fourth-order valence-electron chi connectivity index (χ4n) is 2.56. The van der Waals surface area contributed by atoms with Crippen molar-refractivity contribution in [3.05, 3.63) is 0 Å². The van der Waals surface area contributed by atoms with Crippen molar-refractivity contribution in [2.24, 2.45) is 5.92 Å². The van der Waals surface area contributed by atoms with Crippen LogP contribution in [0.1, 0.15) is 41.0 Å². The van der Waals surface area contributed by atoms with Gasteiger partial charge in [0, 0.05) is 29.9 Å². The van der Waals surface area contributed by atoms with Crippen molar-refractivity contribution in [1.82, 2.24) is 10.2 Å². The molecule has 0 aliphatic carbocycles. The third-order valence-electron chi connectivity index (χ3n) is 3.85. The molecule has 1 saturated heterocycles. The van der Waals surface area contributed by atoms with Crippen LogP contribution in [-0.2, 0) is 0 Å². The lowest BCUT2D eigenvalue weighted by atomic mass is 9.93. The number of hydrogen-bond acceptors (Lipinski definition) is 3. The lowest BCUT2D eigenvalue weighted by Gasteiger charge is -2.46. The zero-order chi connectivity index (χ0) is 13.1. The average molecular weight is 258 g/mol. The first-order chi connectivity index (χ1) is 7.85. The van der Waals surface area contributed by atoms with Crippen LogP contribution in [0, 0.1) is 5.92 Å². The highest BCUT2D eigenvalue weighted by Gasteiger charge is 2.33. The van der Waals surface area contributed by atoms with Crippen molar-refractivity contribution in [2.75, 3.05) is 25.9 Å². The van der Waals surface area contributed by atoms with Crippen molar-refractivity contribution in [2.45, 2.75) is 57.9 Å². The fourth-order valence-corrected chi connectivity index (χ4v) is 2.90. The number of nitrogens with one attached hydrogen (secondary N) is 1. The minimum atomic E-state index is 0.272. The van der Waals surface area contributed by atoms with E-state index in [1.54, 1.807) is 0 Å². The molecular weight excluding hydrogens is 228 g/mol. The Kier molecular flexibility index (Phi) is 5.81. The standard InChI is InChI=1S/C14H30N2S/c1-11(2)13-9-15-14(4,5)10-16(13)8-7-12(3)17-6/h11-13,15H,7-10H2,1-6H3. The second-order valence-corrected chi connectivity index (χ2v) is 7.66. The van der Waals surface area contributed by atoms with Crippen LogP contribution in [0.4, 0.5) is 0 Å². The monoisotopic (exact) mass is 258 g/mol. The van der Waals surface area contributed by atoms with Crippen LogP contribution in [0.25, 0.3) is 0 Å². The smallest absolute Gasteiger partial charge is 0.0252 e. The zero-order valence-electron chi connectivity index (χ0n) is 12.4. The first-order valence-electron chi connectivity index (χ1n) is 6.87. The molecule has 1 fully saturated rings. The van der Waals surface area contributed by atoms with Gasteiger partial charge in [0.05, 0.1) is 0 Å². The maximum atomic E-state index is 3.67. The summed E-state index contributed by atoms with van der Waals surface area (Å²) in [5, 5.41) is 4.45. The Hall–Kier alpha value is 0.270. The van der Waals surface area contributed by atoms with Gasteiger partial charge in [-0.05, 0) is 39.0 Å². The normalized spacial score (nSPS) is 27.4. The molecule has 0 aromatic rings. The summed E-state index contributed by atoms with van der Waals surface area (Å²) in [4.78, 5) is 2.70. The van der Waals surface area contributed by atoms with Crippen LogP contribution < -0.4 is 5.32 Å². The molecule has 1 rings (SSSR count). The maximum Gasteiger partial charge on any atom is 0.0252 e. The Labute approximate surface area is 112 Å². The van der Waals surface area contributed by atoms with Gasteiger partial charge in [0.15, 0.2) is 0 Å². The van der Waals surface area contributed by atoms with E-state index in [2.05, 4.69) is 51.1 Å². The van der Waals surface area contributed by atoms with Crippen LogP contribution >= 0.6 is 11.8 Å². The Morgan fingerprint density at radius 2 is 2.00 bits per heavy atom. The third kappa shape index (κ3) is 4.80. The molecule has 2 unspecified atom stereocenters. The van der Waals surface area contributed by atoms with Gasteiger partial charge in [0.25, 0.3) is 0 Å². The minimum absolute atomic E-state index is 0.272. The molecule has 0 aromatic heterocycles. The van der Waals surface area contributed by atoms with Crippen LogP contribution in [0.3, 0.4) is 0 Å². The van der Waals surface area contributed by atoms with E-state index < -0.39 is 0 Å². The molecular formula is C14H30N2S. The molecule has 1 aliphatic rings. The third-order valence-corrected chi connectivity index (χ3v) is 4.89. The Balaban J connectivity index is 2.55. The summed E-state index contributed by atoms with van der Waals surface area (Å²) in [7, 11) is 0. The molecule has 0 saturated carbocycles. The molecule has 1 heterocycles. The molecule has 0 bridgehead atoms. The highest BCUT2D eigenvalue weighted by atomic mass is 32.2.